The van der Waals surface area contributed by atoms with Crippen molar-refractivity contribution in [3.63, 3.8) is 0 Å². The predicted octanol–water partition coefficient (Wildman–Crippen LogP) is 3.09. The monoisotopic (exact) mass is 377 g/mol. The molecule has 7 nitrogen and oxygen atoms in total. The Labute approximate surface area is 151 Å². The third-order valence-electron chi connectivity index (χ3n) is 3.61. The molecule has 0 saturated carbocycles. The highest BCUT2D eigenvalue weighted by Gasteiger charge is 2.28. The van der Waals surface area contributed by atoms with E-state index in [-0.39, 0.29) is 24.1 Å². The molecule has 3 aromatic rings. The Balaban J connectivity index is 1.72. The fraction of sp³-hybridized carbons (Fsp3) is 0.235. The van der Waals surface area contributed by atoms with E-state index in [1.54, 1.807) is 0 Å². The molecule has 0 bridgehead atoms. The zero-order chi connectivity index (χ0) is 19.6. The molecule has 0 N–H and O–H groups in total. The Kier molecular flexibility index (Phi) is 4.89. The van der Waals surface area contributed by atoms with Gasteiger partial charge in [0.15, 0.2) is 5.78 Å². The first-order valence-corrected chi connectivity index (χ1v) is 7.79. The number of rotatable bonds is 6. The van der Waals surface area contributed by atoms with E-state index in [0.29, 0.717) is 18.2 Å². The second-order valence-electron chi connectivity index (χ2n) is 5.81. The lowest BCUT2D eigenvalue weighted by molar-refractivity contribution is 0.0137. The van der Waals surface area contributed by atoms with E-state index in [0.717, 1.165) is 12.1 Å². The molecule has 1 aromatic carbocycles. The molecule has 0 saturated heterocycles. The molecule has 0 unspecified atom stereocenters. The standard InChI is InChI=1S/C17H14F3N5O2/c1-10(26)11-6-21-16(22-7-11)27-9-12-8-25(24-23-12)13-3-4-15(18)14(5-13)17(2,19)20/h3-8H,9H2,1-2H3. The van der Waals surface area contributed by atoms with Crippen LogP contribution in [0.15, 0.2) is 36.8 Å². The molecule has 2 aromatic heterocycles. The van der Waals surface area contributed by atoms with E-state index in [1.807, 2.05) is 0 Å². The van der Waals surface area contributed by atoms with Crippen LogP contribution in [-0.4, -0.2) is 30.7 Å². The van der Waals surface area contributed by atoms with Crippen molar-refractivity contribution >= 4 is 5.78 Å². The molecular weight excluding hydrogens is 363 g/mol. The number of alkyl halides is 2. The second kappa shape index (κ2) is 7.14. The lowest BCUT2D eigenvalue weighted by atomic mass is 10.1. The molecule has 0 aliphatic carbocycles. The Morgan fingerprint density at radius 2 is 1.96 bits per heavy atom. The van der Waals surface area contributed by atoms with E-state index < -0.39 is 17.3 Å². The molecule has 2 heterocycles. The molecule has 27 heavy (non-hydrogen) atoms. The second-order valence-corrected chi connectivity index (χ2v) is 5.81. The fourth-order valence-electron chi connectivity index (χ4n) is 2.19. The number of Topliss-reactive ketones (excluding diaryl/α,β-unsaturated/α-hetero) is 1. The highest BCUT2D eigenvalue weighted by Crippen LogP contribution is 2.30. The van der Waals surface area contributed by atoms with Gasteiger partial charge in [-0.2, -0.15) is 0 Å². The summed E-state index contributed by atoms with van der Waals surface area (Å²) in [6.45, 7) is 1.98. The summed E-state index contributed by atoms with van der Waals surface area (Å²) in [5.41, 5.74) is 0.234. The van der Waals surface area contributed by atoms with Gasteiger partial charge in [0.2, 0.25) is 0 Å². The number of nitrogens with zero attached hydrogens (tertiary/aromatic N) is 5. The maximum atomic E-state index is 13.6. The molecule has 0 amide bonds. The van der Waals surface area contributed by atoms with Crippen LogP contribution in [0.4, 0.5) is 13.2 Å². The van der Waals surface area contributed by atoms with Crippen molar-refractivity contribution in [1.82, 2.24) is 25.0 Å². The van der Waals surface area contributed by atoms with E-state index in [1.165, 1.54) is 36.3 Å². The van der Waals surface area contributed by atoms with Crippen LogP contribution in [0, 0.1) is 5.82 Å². The number of carbonyl (C=O) groups excluding carboxylic acids is 1. The minimum atomic E-state index is -3.32. The molecule has 0 aliphatic heterocycles. The van der Waals surface area contributed by atoms with Crippen LogP contribution in [0.5, 0.6) is 6.01 Å². The number of hydrogen-bond donors (Lipinski definition) is 0. The highest BCUT2D eigenvalue weighted by molar-refractivity contribution is 5.93. The van der Waals surface area contributed by atoms with Crippen LogP contribution < -0.4 is 4.74 Å². The summed E-state index contributed by atoms with van der Waals surface area (Å²) in [5.74, 6) is -4.49. The van der Waals surface area contributed by atoms with Gasteiger partial charge in [-0.05, 0) is 25.1 Å². The zero-order valence-electron chi connectivity index (χ0n) is 14.4. The van der Waals surface area contributed by atoms with Crippen molar-refractivity contribution < 1.29 is 22.7 Å². The molecular formula is C17H14F3N5O2. The van der Waals surface area contributed by atoms with Crippen molar-refractivity contribution in [2.24, 2.45) is 0 Å². The summed E-state index contributed by atoms with van der Waals surface area (Å²) in [5, 5.41) is 7.69. The van der Waals surface area contributed by atoms with Gasteiger partial charge in [0, 0.05) is 19.3 Å². The largest absolute Gasteiger partial charge is 0.457 e. The average molecular weight is 377 g/mol. The first kappa shape index (κ1) is 18.5. The van der Waals surface area contributed by atoms with Crippen molar-refractivity contribution in [2.75, 3.05) is 0 Å². The van der Waals surface area contributed by atoms with E-state index >= 15 is 0 Å². The minimum absolute atomic E-state index is 0.0303. The topological polar surface area (TPSA) is 82.8 Å². The molecule has 10 heteroatoms. The summed E-state index contributed by atoms with van der Waals surface area (Å²) in [4.78, 5) is 19.0. The maximum Gasteiger partial charge on any atom is 0.316 e. The van der Waals surface area contributed by atoms with E-state index in [4.69, 9.17) is 4.74 Å². The predicted molar refractivity (Wildman–Crippen MR) is 87.3 cm³/mol. The van der Waals surface area contributed by atoms with Crippen molar-refractivity contribution in [1.29, 1.82) is 0 Å². The summed E-state index contributed by atoms with van der Waals surface area (Å²) in [6.07, 6.45) is 4.13. The summed E-state index contributed by atoms with van der Waals surface area (Å²) in [6, 6.07) is 3.32. The van der Waals surface area contributed by atoms with E-state index in [2.05, 4.69) is 20.3 Å². The van der Waals surface area contributed by atoms with Gasteiger partial charge in [0.1, 0.15) is 18.1 Å². The van der Waals surface area contributed by atoms with Crippen molar-refractivity contribution in [2.45, 2.75) is 26.4 Å². The Hall–Kier alpha value is -3.30. The Morgan fingerprint density at radius 1 is 1.26 bits per heavy atom. The number of halogens is 3. The number of aromatic nitrogens is 5. The van der Waals surface area contributed by atoms with Crippen LogP contribution in [0.2, 0.25) is 0 Å². The number of hydrogen-bond acceptors (Lipinski definition) is 6. The van der Waals surface area contributed by atoms with Gasteiger partial charge in [0.25, 0.3) is 5.92 Å². The molecule has 140 valence electrons. The van der Waals surface area contributed by atoms with Gasteiger partial charge < -0.3 is 4.74 Å². The molecule has 3 rings (SSSR count). The summed E-state index contributed by atoms with van der Waals surface area (Å²) >= 11 is 0. The summed E-state index contributed by atoms with van der Waals surface area (Å²) in [7, 11) is 0. The SMILES string of the molecule is CC(=O)c1cnc(OCc2cn(-c3ccc(F)c(C(C)(F)F)c3)nn2)nc1. The molecule has 0 radical (unpaired) electrons. The minimum Gasteiger partial charge on any atom is -0.457 e. The molecule has 0 fully saturated rings. The van der Waals surface area contributed by atoms with Gasteiger partial charge in [-0.25, -0.2) is 27.8 Å². The zero-order valence-corrected chi connectivity index (χ0v) is 14.4. The molecule has 0 atom stereocenters. The van der Waals surface area contributed by atoms with Gasteiger partial charge >= 0.3 is 6.01 Å². The lowest BCUT2D eigenvalue weighted by Crippen LogP contribution is -2.11. The highest BCUT2D eigenvalue weighted by atomic mass is 19.3. The van der Waals surface area contributed by atoms with Gasteiger partial charge in [-0.15, -0.1) is 5.10 Å². The summed E-state index contributed by atoms with van der Waals surface area (Å²) < 4.78 is 47.1. The normalized spacial score (nSPS) is 11.4. The first-order valence-electron chi connectivity index (χ1n) is 7.79. The molecule has 0 spiro atoms. The van der Waals surface area contributed by atoms with Gasteiger partial charge in [0.05, 0.1) is 23.0 Å². The van der Waals surface area contributed by atoms with Crippen LogP contribution in [0.3, 0.4) is 0 Å². The average Bonchev–Trinajstić information content (AvgIpc) is 3.08. The van der Waals surface area contributed by atoms with Gasteiger partial charge in [-0.3, -0.25) is 4.79 Å². The Morgan fingerprint density at radius 3 is 2.59 bits per heavy atom. The Bertz CT molecular complexity index is 967. The number of ketones is 1. The van der Waals surface area contributed by atoms with Crippen LogP contribution in [0.25, 0.3) is 5.69 Å². The van der Waals surface area contributed by atoms with Crippen LogP contribution in [-0.2, 0) is 12.5 Å². The van der Waals surface area contributed by atoms with Crippen LogP contribution >= 0.6 is 0 Å². The van der Waals surface area contributed by atoms with E-state index in [9.17, 15) is 18.0 Å². The third-order valence-corrected chi connectivity index (χ3v) is 3.61. The lowest BCUT2D eigenvalue weighted by Gasteiger charge is -2.12. The first-order chi connectivity index (χ1) is 12.7. The fourth-order valence-corrected chi connectivity index (χ4v) is 2.19. The van der Waals surface area contributed by atoms with Crippen molar-refractivity contribution in [3.05, 3.63) is 59.4 Å². The molecule has 0 aliphatic rings. The van der Waals surface area contributed by atoms with Gasteiger partial charge in [-0.1, -0.05) is 5.21 Å². The number of ether oxygens (including phenoxy) is 1. The van der Waals surface area contributed by atoms with Crippen molar-refractivity contribution in [3.8, 4) is 11.7 Å². The van der Waals surface area contributed by atoms with Crippen LogP contribution in [0.1, 0.15) is 35.5 Å². The number of carbonyl (C=O) groups is 1. The number of benzene rings is 1. The third kappa shape index (κ3) is 4.27. The smallest absolute Gasteiger partial charge is 0.316 e. The quantitative estimate of drug-likeness (QED) is 0.614. The maximum absolute atomic E-state index is 13.6.